The van der Waals surface area contributed by atoms with Crippen LogP contribution in [0.1, 0.15) is 18.5 Å². The molecule has 2 aromatic carbocycles. The van der Waals surface area contributed by atoms with Crippen molar-refractivity contribution in [3.8, 4) is 0 Å². The first-order valence-corrected chi connectivity index (χ1v) is 7.22. The van der Waals surface area contributed by atoms with Crippen LogP contribution in [0.25, 0.3) is 21.8 Å². The summed E-state index contributed by atoms with van der Waals surface area (Å²) in [5.41, 5.74) is 3.57. The van der Waals surface area contributed by atoms with Crippen LogP contribution >= 0.6 is 0 Å². The number of aryl methyl sites for hydroxylation is 1. The van der Waals surface area contributed by atoms with Gasteiger partial charge in [-0.05, 0) is 30.7 Å². The first-order chi connectivity index (χ1) is 10.3. The molecule has 2 heterocycles. The number of fused-ring (bicyclic) bond motifs is 3. The molecule has 1 fully saturated rings. The van der Waals surface area contributed by atoms with Crippen LogP contribution in [0.15, 0.2) is 42.5 Å². The Labute approximate surface area is 122 Å². The van der Waals surface area contributed by atoms with Gasteiger partial charge in [0.05, 0.1) is 6.04 Å². The van der Waals surface area contributed by atoms with E-state index in [1.807, 2.05) is 0 Å². The molecule has 0 aliphatic carbocycles. The Balaban J connectivity index is 1.95. The van der Waals surface area contributed by atoms with E-state index in [2.05, 4.69) is 59.3 Å². The van der Waals surface area contributed by atoms with E-state index < -0.39 is 0 Å². The van der Waals surface area contributed by atoms with E-state index in [4.69, 9.17) is 4.74 Å². The van der Waals surface area contributed by atoms with Crippen LogP contribution in [0.5, 0.6) is 0 Å². The maximum absolute atomic E-state index is 11.2. The summed E-state index contributed by atoms with van der Waals surface area (Å²) in [7, 11) is 0. The first-order valence-electron chi connectivity index (χ1n) is 7.22. The molecule has 0 unspecified atom stereocenters. The number of carbonyl (C=O) groups is 1. The molecule has 0 bridgehead atoms. The third-order valence-electron chi connectivity index (χ3n) is 4.19. The Hall–Kier alpha value is -2.49. The molecule has 1 atom stereocenters. The van der Waals surface area contributed by atoms with Crippen molar-refractivity contribution in [2.24, 2.45) is 0 Å². The van der Waals surface area contributed by atoms with Gasteiger partial charge in [-0.1, -0.05) is 24.3 Å². The van der Waals surface area contributed by atoms with Crippen molar-refractivity contribution >= 4 is 27.9 Å². The van der Waals surface area contributed by atoms with E-state index in [1.165, 1.54) is 21.8 Å². The monoisotopic (exact) mass is 280 g/mol. The lowest BCUT2D eigenvalue weighted by Crippen LogP contribution is -2.18. The Morgan fingerprint density at radius 3 is 2.76 bits per heavy atom. The van der Waals surface area contributed by atoms with Crippen LogP contribution in [-0.2, 0) is 11.3 Å². The van der Waals surface area contributed by atoms with E-state index >= 15 is 0 Å². The van der Waals surface area contributed by atoms with Gasteiger partial charge in [-0.2, -0.15) is 0 Å². The van der Waals surface area contributed by atoms with Crippen molar-refractivity contribution in [3.63, 3.8) is 0 Å². The highest BCUT2D eigenvalue weighted by Gasteiger charge is 2.24. The molecule has 1 N–H and O–H groups in total. The summed E-state index contributed by atoms with van der Waals surface area (Å²) in [4.78, 5) is 11.2. The number of cyclic esters (lactones) is 1. The minimum absolute atomic E-state index is 0.0503. The van der Waals surface area contributed by atoms with Crippen molar-refractivity contribution in [2.45, 2.75) is 19.5 Å². The fourth-order valence-electron chi connectivity index (χ4n) is 3.19. The molecule has 1 aromatic heterocycles. The average molecular weight is 280 g/mol. The van der Waals surface area contributed by atoms with Crippen molar-refractivity contribution in [1.29, 1.82) is 0 Å². The molecule has 0 spiro atoms. The molecule has 3 aromatic rings. The number of carbonyl (C=O) groups excluding carboxylic acids is 1. The number of aromatic nitrogens is 1. The molecule has 0 radical (unpaired) electrons. The van der Waals surface area contributed by atoms with Gasteiger partial charge < -0.3 is 14.6 Å². The van der Waals surface area contributed by atoms with Crippen molar-refractivity contribution < 1.29 is 9.53 Å². The van der Waals surface area contributed by atoms with E-state index in [0.717, 1.165) is 12.1 Å². The van der Waals surface area contributed by atoms with Gasteiger partial charge in [0.2, 0.25) is 0 Å². The third kappa shape index (κ3) is 1.79. The lowest BCUT2D eigenvalue weighted by molar-refractivity contribution is 0.177. The minimum Gasteiger partial charge on any atom is -0.447 e. The number of hydrogen-bond donors (Lipinski definition) is 1. The molecule has 0 saturated carbocycles. The summed E-state index contributed by atoms with van der Waals surface area (Å²) in [5.74, 6) is 0. The van der Waals surface area contributed by atoms with Crippen molar-refractivity contribution in [1.82, 2.24) is 9.88 Å². The topological polar surface area (TPSA) is 43.3 Å². The van der Waals surface area contributed by atoms with Gasteiger partial charge in [0.15, 0.2) is 0 Å². The number of amides is 1. The second kappa shape index (κ2) is 4.52. The quantitative estimate of drug-likeness (QED) is 0.779. The van der Waals surface area contributed by atoms with Gasteiger partial charge in [-0.25, -0.2) is 4.79 Å². The number of nitrogens with zero attached hydrogens (tertiary/aromatic N) is 1. The molecular weight excluding hydrogens is 264 g/mol. The van der Waals surface area contributed by atoms with E-state index in [-0.39, 0.29) is 12.1 Å². The summed E-state index contributed by atoms with van der Waals surface area (Å²) in [6.07, 6.45) is -0.337. The minimum atomic E-state index is -0.337. The van der Waals surface area contributed by atoms with Gasteiger partial charge in [-0.3, -0.25) is 0 Å². The zero-order valence-electron chi connectivity index (χ0n) is 11.8. The summed E-state index contributed by atoms with van der Waals surface area (Å²) < 4.78 is 7.31. The fraction of sp³-hybridized carbons (Fsp3) is 0.235. The molecular formula is C17H16N2O2. The van der Waals surface area contributed by atoms with Gasteiger partial charge in [0, 0.05) is 28.4 Å². The second-order valence-electron chi connectivity index (χ2n) is 5.33. The highest BCUT2D eigenvalue weighted by Crippen LogP contribution is 2.31. The number of alkyl carbamates (subject to hydrolysis) is 1. The van der Waals surface area contributed by atoms with Crippen LogP contribution in [0.2, 0.25) is 0 Å². The van der Waals surface area contributed by atoms with Crippen molar-refractivity contribution in [2.75, 3.05) is 6.61 Å². The van der Waals surface area contributed by atoms with Gasteiger partial charge in [0.25, 0.3) is 0 Å². The number of ether oxygens (including phenoxy) is 1. The lowest BCUT2D eigenvalue weighted by atomic mass is 10.0. The highest BCUT2D eigenvalue weighted by atomic mass is 16.6. The van der Waals surface area contributed by atoms with Crippen LogP contribution in [0, 0.1) is 0 Å². The summed E-state index contributed by atoms with van der Waals surface area (Å²) in [6.45, 7) is 3.49. The Morgan fingerprint density at radius 1 is 1.19 bits per heavy atom. The smallest absolute Gasteiger partial charge is 0.407 e. The fourth-order valence-corrected chi connectivity index (χ4v) is 3.19. The van der Waals surface area contributed by atoms with Crippen molar-refractivity contribution in [3.05, 3.63) is 48.0 Å². The van der Waals surface area contributed by atoms with Crippen LogP contribution in [0.4, 0.5) is 4.79 Å². The zero-order chi connectivity index (χ0) is 14.4. The largest absolute Gasteiger partial charge is 0.447 e. The molecule has 4 heteroatoms. The summed E-state index contributed by atoms with van der Waals surface area (Å²) >= 11 is 0. The normalized spacial score (nSPS) is 18.1. The second-order valence-corrected chi connectivity index (χ2v) is 5.33. The van der Waals surface area contributed by atoms with E-state index in [0.29, 0.717) is 6.61 Å². The molecule has 1 aliphatic rings. The third-order valence-corrected chi connectivity index (χ3v) is 4.19. The number of para-hydroxylation sites is 1. The zero-order valence-corrected chi connectivity index (χ0v) is 11.8. The Kier molecular flexibility index (Phi) is 2.64. The molecule has 4 nitrogen and oxygen atoms in total. The molecule has 1 aliphatic heterocycles. The number of hydrogen-bond acceptors (Lipinski definition) is 2. The summed E-state index contributed by atoms with van der Waals surface area (Å²) in [6, 6.07) is 14.8. The van der Waals surface area contributed by atoms with Crippen LogP contribution < -0.4 is 5.32 Å². The van der Waals surface area contributed by atoms with E-state index in [1.54, 1.807) is 0 Å². The number of nitrogens with one attached hydrogen (secondary N) is 1. The van der Waals surface area contributed by atoms with Crippen LogP contribution in [-0.4, -0.2) is 17.3 Å². The molecule has 4 rings (SSSR count). The molecule has 106 valence electrons. The number of rotatable bonds is 2. The van der Waals surface area contributed by atoms with Gasteiger partial charge >= 0.3 is 6.09 Å². The first kappa shape index (κ1) is 12.3. The standard InChI is InChI=1S/C17H16N2O2/c1-2-19-15-6-4-3-5-12(15)13-9-11(7-8-16(13)19)14-10-21-17(20)18-14/h3-9,14H,2,10H2,1H3,(H,18,20)/t14-/m1/s1. The van der Waals surface area contributed by atoms with E-state index in [9.17, 15) is 4.79 Å². The molecule has 1 saturated heterocycles. The Morgan fingerprint density at radius 2 is 2.00 bits per heavy atom. The maximum atomic E-state index is 11.2. The summed E-state index contributed by atoms with van der Waals surface area (Å²) in [5, 5.41) is 5.31. The predicted octanol–water partition coefficient (Wildman–Crippen LogP) is 3.60. The van der Waals surface area contributed by atoms with Gasteiger partial charge in [-0.15, -0.1) is 0 Å². The maximum Gasteiger partial charge on any atom is 0.407 e. The lowest BCUT2D eigenvalue weighted by Gasteiger charge is -2.08. The van der Waals surface area contributed by atoms with Crippen LogP contribution in [0.3, 0.4) is 0 Å². The average Bonchev–Trinajstić information content (AvgIpc) is 3.08. The molecule has 1 amide bonds. The number of benzene rings is 2. The highest BCUT2D eigenvalue weighted by molar-refractivity contribution is 6.08. The SMILES string of the molecule is CCn1c2ccccc2c2cc([C@H]3COC(=O)N3)ccc21. The van der Waals surface area contributed by atoms with Gasteiger partial charge in [0.1, 0.15) is 6.61 Å². The molecule has 21 heavy (non-hydrogen) atoms. The predicted molar refractivity (Wildman–Crippen MR) is 82.3 cm³/mol. The Bertz CT molecular complexity index is 850.